The highest BCUT2D eigenvalue weighted by Crippen LogP contribution is 2.40. The Kier molecular flexibility index (Phi) is 5.64. The number of pyridine rings is 1. The lowest BCUT2D eigenvalue weighted by Crippen LogP contribution is -2.32. The Balaban J connectivity index is 1.24. The SMILES string of the molecule is Cc1nc2ncc(-c3ccc4c(c3)CN(c3nc(CCC5CC5)nc5c3CC(C)(C)CC5)CCO4)cc2[nH]1. The molecule has 196 valence electrons. The smallest absolute Gasteiger partial charge is 0.177 e. The van der Waals surface area contributed by atoms with E-state index in [0.29, 0.717) is 6.61 Å². The van der Waals surface area contributed by atoms with Crippen LogP contribution in [0.3, 0.4) is 0 Å². The van der Waals surface area contributed by atoms with Gasteiger partial charge in [0.25, 0.3) is 0 Å². The Morgan fingerprint density at radius 1 is 1.11 bits per heavy atom. The number of rotatable bonds is 5. The number of imidazole rings is 1. The highest BCUT2D eigenvalue weighted by molar-refractivity contribution is 5.78. The second-order valence-corrected chi connectivity index (χ2v) is 12.2. The Bertz CT molecular complexity index is 1520. The fraction of sp³-hybridized carbons (Fsp3) is 0.484. The average molecular weight is 509 g/mol. The summed E-state index contributed by atoms with van der Waals surface area (Å²) in [6, 6.07) is 8.63. The molecule has 0 bridgehead atoms. The van der Waals surface area contributed by atoms with Gasteiger partial charge in [-0.3, -0.25) is 0 Å². The Labute approximate surface area is 224 Å². The molecule has 7 heteroatoms. The number of benzene rings is 1. The third-order valence-corrected chi connectivity index (χ3v) is 8.41. The topological polar surface area (TPSA) is 79.8 Å². The van der Waals surface area contributed by atoms with Gasteiger partial charge in [0, 0.05) is 41.5 Å². The predicted octanol–water partition coefficient (Wildman–Crippen LogP) is 5.98. The van der Waals surface area contributed by atoms with Crippen LogP contribution in [0.4, 0.5) is 5.82 Å². The first kappa shape index (κ1) is 23.6. The number of hydrogen-bond donors (Lipinski definition) is 1. The largest absolute Gasteiger partial charge is 0.491 e. The summed E-state index contributed by atoms with van der Waals surface area (Å²) in [7, 11) is 0. The molecule has 1 saturated carbocycles. The maximum atomic E-state index is 6.25. The molecule has 1 N–H and O–H groups in total. The second-order valence-electron chi connectivity index (χ2n) is 12.2. The first-order chi connectivity index (χ1) is 18.4. The van der Waals surface area contributed by atoms with Crippen LogP contribution in [0.1, 0.15) is 68.0 Å². The number of fused-ring (bicyclic) bond motifs is 3. The van der Waals surface area contributed by atoms with Crippen LogP contribution in [-0.2, 0) is 25.8 Å². The standard InChI is InChI=1S/C31H36N6O/c1-19-33-26-15-22(17-32-29(26)34-19)21-7-8-27-23(14-21)18-37(12-13-38-27)30-24-16-31(2,3)11-10-25(24)35-28(36-30)9-6-20-4-5-20/h7-8,14-15,17,20H,4-6,9-13,16,18H2,1-3H3,(H,32,33,34). The summed E-state index contributed by atoms with van der Waals surface area (Å²) >= 11 is 0. The van der Waals surface area contributed by atoms with Gasteiger partial charge < -0.3 is 14.6 Å². The fourth-order valence-electron chi connectivity index (χ4n) is 6.02. The van der Waals surface area contributed by atoms with Crippen molar-refractivity contribution in [3.63, 3.8) is 0 Å². The molecule has 4 aromatic rings. The number of aromatic nitrogens is 5. The van der Waals surface area contributed by atoms with Crippen molar-refractivity contribution < 1.29 is 4.74 Å². The molecule has 7 rings (SSSR count). The second kappa shape index (κ2) is 9.07. The Morgan fingerprint density at radius 2 is 2.00 bits per heavy atom. The monoisotopic (exact) mass is 508 g/mol. The molecule has 0 unspecified atom stereocenters. The molecule has 7 nitrogen and oxygen atoms in total. The zero-order valence-corrected chi connectivity index (χ0v) is 22.7. The van der Waals surface area contributed by atoms with E-state index in [4.69, 9.17) is 14.7 Å². The molecular weight excluding hydrogens is 472 g/mol. The van der Waals surface area contributed by atoms with Crippen molar-refractivity contribution in [1.82, 2.24) is 24.9 Å². The number of nitrogens with one attached hydrogen (secondary N) is 1. The van der Waals surface area contributed by atoms with Crippen molar-refractivity contribution >= 4 is 17.0 Å². The molecule has 38 heavy (non-hydrogen) atoms. The molecule has 1 fully saturated rings. The first-order valence-corrected chi connectivity index (χ1v) is 14.1. The molecule has 0 atom stereocenters. The van der Waals surface area contributed by atoms with E-state index in [-0.39, 0.29) is 5.41 Å². The van der Waals surface area contributed by atoms with E-state index >= 15 is 0 Å². The maximum absolute atomic E-state index is 6.25. The highest BCUT2D eigenvalue weighted by atomic mass is 16.5. The van der Waals surface area contributed by atoms with Gasteiger partial charge in [0.05, 0.1) is 12.1 Å². The summed E-state index contributed by atoms with van der Waals surface area (Å²) in [5.41, 5.74) is 7.99. The predicted molar refractivity (Wildman–Crippen MR) is 149 cm³/mol. The first-order valence-electron chi connectivity index (χ1n) is 14.1. The van der Waals surface area contributed by atoms with Crippen molar-refractivity contribution in [2.24, 2.45) is 11.3 Å². The number of anilines is 1. The van der Waals surface area contributed by atoms with Crippen LogP contribution in [0, 0.1) is 18.3 Å². The van der Waals surface area contributed by atoms with Crippen LogP contribution < -0.4 is 9.64 Å². The van der Waals surface area contributed by atoms with E-state index in [1.807, 2.05) is 13.1 Å². The fourth-order valence-corrected chi connectivity index (χ4v) is 6.02. The van der Waals surface area contributed by atoms with Gasteiger partial charge in [-0.2, -0.15) is 0 Å². The number of ether oxygens (including phenoxy) is 1. The Morgan fingerprint density at radius 3 is 2.87 bits per heavy atom. The lowest BCUT2D eigenvalue weighted by atomic mass is 9.76. The van der Waals surface area contributed by atoms with Crippen LogP contribution in [0.2, 0.25) is 0 Å². The summed E-state index contributed by atoms with van der Waals surface area (Å²) in [6.45, 7) is 8.94. The molecule has 4 heterocycles. The summed E-state index contributed by atoms with van der Waals surface area (Å²) in [6.07, 6.45) is 10.1. The van der Waals surface area contributed by atoms with Gasteiger partial charge in [-0.05, 0) is 67.7 Å². The normalized spacial score (nSPS) is 18.6. The maximum Gasteiger partial charge on any atom is 0.177 e. The lowest BCUT2D eigenvalue weighted by Gasteiger charge is -2.34. The van der Waals surface area contributed by atoms with Crippen LogP contribution >= 0.6 is 0 Å². The van der Waals surface area contributed by atoms with Gasteiger partial charge in [-0.25, -0.2) is 19.9 Å². The highest BCUT2D eigenvalue weighted by Gasteiger charge is 2.32. The van der Waals surface area contributed by atoms with E-state index in [1.54, 1.807) is 0 Å². The van der Waals surface area contributed by atoms with Crippen molar-refractivity contribution in [3.8, 4) is 16.9 Å². The molecule has 0 spiro atoms. The summed E-state index contributed by atoms with van der Waals surface area (Å²) in [5, 5.41) is 0. The molecule has 2 aliphatic carbocycles. The third kappa shape index (κ3) is 4.63. The van der Waals surface area contributed by atoms with Crippen molar-refractivity contribution in [1.29, 1.82) is 0 Å². The molecule has 0 radical (unpaired) electrons. The minimum atomic E-state index is 0.269. The molecule has 1 aliphatic heterocycles. The van der Waals surface area contributed by atoms with Gasteiger partial charge in [0.1, 0.15) is 29.8 Å². The van der Waals surface area contributed by atoms with Gasteiger partial charge in [0.2, 0.25) is 0 Å². The third-order valence-electron chi connectivity index (χ3n) is 8.41. The van der Waals surface area contributed by atoms with Crippen molar-refractivity contribution in [2.45, 2.75) is 72.3 Å². The van der Waals surface area contributed by atoms with E-state index in [0.717, 1.165) is 83.8 Å². The lowest BCUT2D eigenvalue weighted by molar-refractivity contribution is 0.310. The van der Waals surface area contributed by atoms with Gasteiger partial charge >= 0.3 is 0 Å². The molecule has 3 aromatic heterocycles. The number of hydrogen-bond acceptors (Lipinski definition) is 6. The summed E-state index contributed by atoms with van der Waals surface area (Å²) in [4.78, 5) is 25.1. The molecule has 3 aliphatic rings. The number of aromatic amines is 1. The van der Waals surface area contributed by atoms with Gasteiger partial charge in [-0.15, -0.1) is 0 Å². The molecule has 0 saturated heterocycles. The van der Waals surface area contributed by atoms with Crippen molar-refractivity contribution in [3.05, 3.63) is 58.9 Å². The molecule has 0 amide bonds. The van der Waals surface area contributed by atoms with E-state index in [1.165, 1.54) is 42.5 Å². The number of nitrogens with zero attached hydrogens (tertiary/aromatic N) is 5. The molecule has 1 aromatic carbocycles. The summed E-state index contributed by atoms with van der Waals surface area (Å²) < 4.78 is 6.25. The van der Waals surface area contributed by atoms with Gasteiger partial charge in [-0.1, -0.05) is 32.8 Å². The summed E-state index contributed by atoms with van der Waals surface area (Å²) in [5.74, 6) is 4.88. The van der Waals surface area contributed by atoms with Crippen molar-refractivity contribution in [2.75, 3.05) is 18.1 Å². The zero-order chi connectivity index (χ0) is 25.9. The van der Waals surface area contributed by atoms with Crippen LogP contribution in [-0.4, -0.2) is 38.1 Å². The van der Waals surface area contributed by atoms with Crippen LogP contribution in [0.5, 0.6) is 5.75 Å². The number of aryl methyl sites for hydroxylation is 3. The van der Waals surface area contributed by atoms with Gasteiger partial charge in [0.15, 0.2) is 5.65 Å². The quantitative estimate of drug-likeness (QED) is 0.357. The van der Waals surface area contributed by atoms with E-state index < -0.39 is 0 Å². The minimum absolute atomic E-state index is 0.269. The zero-order valence-electron chi connectivity index (χ0n) is 22.7. The van der Waals surface area contributed by atoms with Crippen LogP contribution in [0.25, 0.3) is 22.3 Å². The average Bonchev–Trinajstić information content (AvgIpc) is 3.68. The minimum Gasteiger partial charge on any atom is -0.491 e. The van der Waals surface area contributed by atoms with E-state index in [9.17, 15) is 0 Å². The molecular formula is C31H36N6O. The van der Waals surface area contributed by atoms with E-state index in [2.05, 4.69) is 58.0 Å². The van der Waals surface area contributed by atoms with Crippen LogP contribution in [0.15, 0.2) is 30.5 Å². The Hall–Kier alpha value is -3.48. The number of H-pyrrole nitrogens is 1.